The lowest BCUT2D eigenvalue weighted by molar-refractivity contribution is 0.601. The molecule has 0 spiro atoms. The van der Waals surface area contributed by atoms with Crippen LogP contribution < -0.4 is 4.72 Å². The first-order chi connectivity index (χ1) is 12.3. The number of rotatable bonds is 4. The van der Waals surface area contributed by atoms with E-state index in [4.69, 9.17) is 34.8 Å². The van der Waals surface area contributed by atoms with E-state index in [2.05, 4.69) is 9.71 Å². The number of nitrogens with zero attached hydrogens (tertiary/aromatic N) is 1. The molecule has 2 aromatic carbocycles. The third-order valence-corrected chi connectivity index (χ3v) is 6.01. The Morgan fingerprint density at radius 1 is 0.923 bits per heavy atom. The Labute approximate surface area is 166 Å². The molecule has 134 valence electrons. The largest absolute Gasteiger partial charge is 0.263 e. The maximum atomic E-state index is 12.5. The predicted octanol–water partition coefficient (Wildman–Crippen LogP) is 5.82. The second-order valence-electron chi connectivity index (χ2n) is 5.57. The SMILES string of the molecule is Cc1ccc(S(=O)(=O)Nc2ccc(-c3ccc(Cl)cc3Cl)cn2)cc1Cl. The summed E-state index contributed by atoms with van der Waals surface area (Å²) in [4.78, 5) is 4.22. The van der Waals surface area contributed by atoms with Crippen LogP contribution in [0.15, 0.2) is 59.6 Å². The number of aromatic nitrogens is 1. The lowest BCUT2D eigenvalue weighted by Crippen LogP contribution is -2.14. The van der Waals surface area contributed by atoms with Crippen molar-refractivity contribution in [1.29, 1.82) is 0 Å². The molecule has 0 aliphatic carbocycles. The third-order valence-electron chi connectivity index (χ3n) is 3.70. The lowest BCUT2D eigenvalue weighted by atomic mass is 10.1. The van der Waals surface area contributed by atoms with Gasteiger partial charge in [0.2, 0.25) is 0 Å². The molecule has 0 saturated carbocycles. The van der Waals surface area contributed by atoms with Crippen LogP contribution in [0.3, 0.4) is 0 Å². The fourth-order valence-electron chi connectivity index (χ4n) is 2.27. The highest BCUT2D eigenvalue weighted by Crippen LogP contribution is 2.30. The zero-order valence-corrected chi connectivity index (χ0v) is 16.6. The number of nitrogens with one attached hydrogen (secondary N) is 1. The molecular weight excluding hydrogens is 415 g/mol. The number of pyridine rings is 1. The van der Waals surface area contributed by atoms with E-state index in [0.717, 1.165) is 16.7 Å². The number of hydrogen-bond acceptors (Lipinski definition) is 3. The van der Waals surface area contributed by atoms with Crippen LogP contribution in [0.1, 0.15) is 5.56 Å². The van der Waals surface area contributed by atoms with Gasteiger partial charge in [0.25, 0.3) is 10.0 Å². The molecule has 0 atom stereocenters. The van der Waals surface area contributed by atoms with Crippen molar-refractivity contribution in [3.63, 3.8) is 0 Å². The van der Waals surface area contributed by atoms with Gasteiger partial charge in [-0.05, 0) is 48.9 Å². The van der Waals surface area contributed by atoms with Crippen LogP contribution in [0, 0.1) is 6.92 Å². The summed E-state index contributed by atoms with van der Waals surface area (Å²) in [7, 11) is -3.78. The van der Waals surface area contributed by atoms with Crippen LogP contribution in [0.2, 0.25) is 15.1 Å². The van der Waals surface area contributed by atoms with E-state index in [9.17, 15) is 8.42 Å². The van der Waals surface area contributed by atoms with Crippen molar-refractivity contribution < 1.29 is 8.42 Å². The van der Waals surface area contributed by atoms with E-state index in [1.54, 1.807) is 43.3 Å². The summed E-state index contributed by atoms with van der Waals surface area (Å²) in [5.74, 6) is 0.190. The molecule has 3 rings (SSSR count). The Balaban J connectivity index is 1.85. The fraction of sp³-hybridized carbons (Fsp3) is 0.0556. The van der Waals surface area contributed by atoms with Crippen LogP contribution in [0.25, 0.3) is 11.1 Å². The summed E-state index contributed by atoms with van der Waals surface area (Å²) in [6.07, 6.45) is 1.54. The molecule has 1 aromatic heterocycles. The van der Waals surface area contributed by atoms with Gasteiger partial charge in [-0.2, -0.15) is 0 Å². The summed E-state index contributed by atoms with van der Waals surface area (Å²) in [6, 6.07) is 13.0. The standard InChI is InChI=1S/C18H13Cl3N2O2S/c1-11-2-5-14(9-16(11)20)26(24,25)23-18-7-3-12(10-22-18)15-6-4-13(19)8-17(15)21/h2-10H,1H3,(H,22,23). The molecule has 0 saturated heterocycles. The summed E-state index contributed by atoms with van der Waals surface area (Å²) in [5, 5.41) is 1.41. The van der Waals surface area contributed by atoms with E-state index in [1.165, 1.54) is 18.3 Å². The quantitative estimate of drug-likeness (QED) is 0.571. The number of benzene rings is 2. The van der Waals surface area contributed by atoms with Crippen molar-refractivity contribution in [3.05, 3.63) is 75.4 Å². The second kappa shape index (κ2) is 7.45. The number of sulfonamides is 1. The van der Waals surface area contributed by atoms with Crippen LogP contribution in [0.5, 0.6) is 0 Å². The van der Waals surface area contributed by atoms with Crippen molar-refractivity contribution in [2.24, 2.45) is 0 Å². The number of halogens is 3. The summed E-state index contributed by atoms with van der Waals surface area (Å²) >= 11 is 18.1. The average molecular weight is 428 g/mol. The maximum Gasteiger partial charge on any atom is 0.263 e. The smallest absolute Gasteiger partial charge is 0.263 e. The van der Waals surface area contributed by atoms with Gasteiger partial charge in [0.05, 0.1) is 4.90 Å². The van der Waals surface area contributed by atoms with E-state index in [0.29, 0.717) is 15.1 Å². The Kier molecular flexibility index (Phi) is 5.44. The second-order valence-corrected chi connectivity index (χ2v) is 8.51. The highest BCUT2D eigenvalue weighted by Gasteiger charge is 2.16. The molecular formula is C18H13Cl3N2O2S. The zero-order chi connectivity index (χ0) is 18.9. The molecule has 1 N–H and O–H groups in total. The molecule has 0 unspecified atom stereocenters. The Bertz CT molecular complexity index is 1070. The van der Waals surface area contributed by atoms with Crippen molar-refractivity contribution in [1.82, 2.24) is 4.98 Å². The molecule has 0 amide bonds. The van der Waals surface area contributed by atoms with Gasteiger partial charge in [-0.3, -0.25) is 4.72 Å². The van der Waals surface area contributed by atoms with Gasteiger partial charge >= 0.3 is 0 Å². The van der Waals surface area contributed by atoms with Crippen LogP contribution in [-0.2, 0) is 10.0 Å². The van der Waals surface area contributed by atoms with Gasteiger partial charge in [-0.25, -0.2) is 13.4 Å². The monoisotopic (exact) mass is 426 g/mol. The summed E-state index contributed by atoms with van der Waals surface area (Å²) in [6.45, 7) is 1.80. The average Bonchev–Trinajstić information content (AvgIpc) is 2.58. The number of hydrogen-bond donors (Lipinski definition) is 1. The van der Waals surface area contributed by atoms with E-state index >= 15 is 0 Å². The highest BCUT2D eigenvalue weighted by atomic mass is 35.5. The van der Waals surface area contributed by atoms with E-state index < -0.39 is 10.0 Å². The van der Waals surface area contributed by atoms with Crippen LogP contribution >= 0.6 is 34.8 Å². The van der Waals surface area contributed by atoms with Gasteiger partial charge in [0, 0.05) is 32.4 Å². The lowest BCUT2D eigenvalue weighted by Gasteiger charge is -2.10. The minimum atomic E-state index is -3.78. The first-order valence-corrected chi connectivity index (χ1v) is 10.1. The Hall–Kier alpha value is -1.79. The van der Waals surface area contributed by atoms with Crippen LogP contribution in [0.4, 0.5) is 5.82 Å². The minimum Gasteiger partial charge on any atom is -0.263 e. The van der Waals surface area contributed by atoms with Crippen molar-refractivity contribution in [2.45, 2.75) is 11.8 Å². The fourth-order valence-corrected chi connectivity index (χ4v) is 4.07. The van der Waals surface area contributed by atoms with E-state index in [1.807, 2.05) is 0 Å². The van der Waals surface area contributed by atoms with Gasteiger partial charge in [-0.15, -0.1) is 0 Å². The minimum absolute atomic E-state index is 0.0692. The van der Waals surface area contributed by atoms with Gasteiger partial charge in [0.1, 0.15) is 5.82 Å². The predicted molar refractivity (Wildman–Crippen MR) is 107 cm³/mol. The highest BCUT2D eigenvalue weighted by molar-refractivity contribution is 7.92. The molecule has 8 heteroatoms. The summed E-state index contributed by atoms with van der Waals surface area (Å²) < 4.78 is 27.4. The van der Waals surface area contributed by atoms with Crippen molar-refractivity contribution >= 4 is 50.6 Å². The van der Waals surface area contributed by atoms with Gasteiger partial charge in [0.15, 0.2) is 0 Å². The first-order valence-electron chi connectivity index (χ1n) is 7.47. The molecule has 26 heavy (non-hydrogen) atoms. The topological polar surface area (TPSA) is 59.1 Å². The molecule has 0 aliphatic rings. The van der Waals surface area contributed by atoms with Gasteiger partial charge < -0.3 is 0 Å². The third kappa shape index (κ3) is 4.13. The Morgan fingerprint density at radius 2 is 1.69 bits per heavy atom. The van der Waals surface area contributed by atoms with Crippen LogP contribution in [-0.4, -0.2) is 13.4 Å². The molecule has 0 aliphatic heterocycles. The molecule has 4 nitrogen and oxygen atoms in total. The number of aryl methyl sites for hydroxylation is 1. The molecule has 0 fully saturated rings. The first kappa shape index (κ1) is 19.0. The van der Waals surface area contributed by atoms with E-state index in [-0.39, 0.29) is 10.7 Å². The molecule has 3 aromatic rings. The molecule has 0 radical (unpaired) electrons. The number of anilines is 1. The molecule has 0 bridgehead atoms. The zero-order valence-electron chi connectivity index (χ0n) is 13.5. The van der Waals surface area contributed by atoms with Crippen molar-refractivity contribution in [3.8, 4) is 11.1 Å². The maximum absolute atomic E-state index is 12.5. The normalized spacial score (nSPS) is 11.4. The molecule has 1 heterocycles. The van der Waals surface area contributed by atoms with Gasteiger partial charge in [-0.1, -0.05) is 46.9 Å². The Morgan fingerprint density at radius 3 is 2.31 bits per heavy atom. The summed E-state index contributed by atoms with van der Waals surface area (Å²) in [5.41, 5.74) is 2.30. The van der Waals surface area contributed by atoms with Crippen molar-refractivity contribution in [2.75, 3.05) is 4.72 Å².